The van der Waals surface area contributed by atoms with E-state index in [1.165, 1.54) is 0 Å². The molecule has 5 heavy (non-hydrogen) atoms. The molecule has 0 atom stereocenters. The maximum absolute atomic E-state index is 2.12. The van der Waals surface area contributed by atoms with Crippen LogP contribution in [-0.4, -0.2) is 25.5 Å². The first-order valence-electron chi connectivity index (χ1n) is 1.92. The average Bonchev–Trinajstić information content (AvgIpc) is 1.38. The van der Waals surface area contributed by atoms with Gasteiger partial charge in [-0.3, -0.25) is 0 Å². The van der Waals surface area contributed by atoms with Crippen LogP contribution in [0.5, 0.6) is 0 Å². The van der Waals surface area contributed by atoms with E-state index < -0.39 is 0 Å². The summed E-state index contributed by atoms with van der Waals surface area (Å²) in [6.07, 6.45) is 0. The second kappa shape index (κ2) is 2.21. The van der Waals surface area contributed by atoms with Gasteiger partial charge >= 0.3 is 0 Å². The molecule has 1 heteroatoms. The van der Waals surface area contributed by atoms with Crippen molar-refractivity contribution in [3.8, 4) is 0 Å². The minimum Gasteiger partial charge on any atom is -0.310 e. The van der Waals surface area contributed by atoms with Crippen LogP contribution in [0.3, 0.4) is 0 Å². The Kier molecular flexibility index (Phi) is 2.19. The predicted molar refractivity (Wildman–Crippen MR) is 26.3 cm³/mol. The summed E-state index contributed by atoms with van der Waals surface area (Å²) in [4.78, 5) is 2.12. The minimum atomic E-state index is 0. The van der Waals surface area contributed by atoms with Gasteiger partial charge in [0.05, 0.1) is 0 Å². The summed E-state index contributed by atoms with van der Waals surface area (Å²) in [6.45, 7) is 3.26. The van der Waals surface area contributed by atoms with Crippen LogP contribution in [-0.2, 0) is 0 Å². The highest BCUT2D eigenvalue weighted by molar-refractivity contribution is 4.25. The molecule has 0 aliphatic carbocycles. The Morgan fingerprint density at radius 3 is 1.80 bits per heavy atom. The molecule has 0 amide bonds. The topological polar surface area (TPSA) is 3.24 Å². The Morgan fingerprint density at radius 1 is 1.60 bits per heavy atom. The van der Waals surface area contributed by atoms with E-state index in [0.29, 0.717) is 0 Å². The monoisotopic (exact) mass is 75.1 g/mol. The maximum Gasteiger partial charge on any atom is 0 e. The smallest absolute Gasteiger partial charge is 0 e. The number of hydrogen-bond acceptors (Lipinski definition) is 1. The van der Waals surface area contributed by atoms with Gasteiger partial charge in [-0.15, -0.1) is 0 Å². The lowest BCUT2D eigenvalue weighted by Gasteiger charge is -2.00. The second-order valence-corrected chi connectivity index (χ2v) is 1.40. The molecule has 0 heterocycles. The fourth-order valence-corrected chi connectivity index (χ4v) is 0. The molecule has 0 unspecified atom stereocenters. The molecule has 34 valence electrons. The first-order valence-corrected chi connectivity index (χ1v) is 1.92. The molecule has 0 N–H and O–H groups in total. The van der Waals surface area contributed by atoms with E-state index >= 15 is 0 Å². The molecule has 0 aromatic rings. The zero-order chi connectivity index (χ0) is 4.28. The molecule has 0 aliphatic rings. The molecule has 0 aromatic carbocycles. The molecule has 0 saturated carbocycles. The van der Waals surface area contributed by atoms with Gasteiger partial charge in [-0.2, -0.15) is 0 Å². The van der Waals surface area contributed by atoms with Crippen LogP contribution >= 0.6 is 0 Å². The Labute approximate surface area is 35.1 Å². The lowest BCUT2D eigenvalue weighted by atomic mass is 10.7. The van der Waals surface area contributed by atoms with Crippen LogP contribution in [0.2, 0.25) is 0 Å². The summed E-state index contributed by atoms with van der Waals surface area (Å²) in [7, 11) is 4.11. The van der Waals surface area contributed by atoms with E-state index in [-0.39, 0.29) is 1.43 Å². The molecule has 0 bridgehead atoms. The van der Waals surface area contributed by atoms with Crippen molar-refractivity contribution in [2.75, 3.05) is 20.6 Å². The van der Waals surface area contributed by atoms with Crippen molar-refractivity contribution in [2.45, 2.75) is 6.92 Å². The molecule has 1 nitrogen and oxygen atoms in total. The molecule has 0 fully saturated rings. The summed E-state index contributed by atoms with van der Waals surface area (Å²) < 4.78 is 0. The lowest BCUT2D eigenvalue weighted by molar-refractivity contribution is 0.434. The second-order valence-electron chi connectivity index (χ2n) is 1.40. The Morgan fingerprint density at radius 2 is 1.80 bits per heavy atom. The lowest BCUT2D eigenvalue weighted by Crippen LogP contribution is -2.08. The van der Waals surface area contributed by atoms with E-state index in [2.05, 4.69) is 25.9 Å². The third-order valence-electron chi connectivity index (χ3n) is 0.632. The Bertz CT molecular complexity index is 21.5. The van der Waals surface area contributed by atoms with Gasteiger partial charge in [0.1, 0.15) is 0 Å². The van der Waals surface area contributed by atoms with E-state index in [4.69, 9.17) is 0 Å². The molecule has 0 rings (SSSR count). The normalized spacial score (nSPS) is 9.60. The van der Waals surface area contributed by atoms with Crippen molar-refractivity contribution >= 4 is 0 Å². The molecule has 0 aromatic heterocycles. The number of rotatable bonds is 1. The van der Waals surface area contributed by atoms with Crippen LogP contribution in [0.25, 0.3) is 0 Å². The van der Waals surface area contributed by atoms with Crippen LogP contribution in [0.1, 0.15) is 8.35 Å². The molecular formula is C4H13N. The third-order valence-corrected chi connectivity index (χ3v) is 0.632. The van der Waals surface area contributed by atoms with Gasteiger partial charge in [-0.25, -0.2) is 0 Å². The van der Waals surface area contributed by atoms with Crippen LogP contribution < -0.4 is 0 Å². The van der Waals surface area contributed by atoms with Gasteiger partial charge in [0, 0.05) is 1.43 Å². The van der Waals surface area contributed by atoms with Crippen molar-refractivity contribution in [1.82, 2.24) is 4.90 Å². The molecule has 0 radical (unpaired) electrons. The highest BCUT2D eigenvalue weighted by Crippen LogP contribution is 1.63. The minimum absolute atomic E-state index is 0. The number of nitrogens with zero attached hydrogens (tertiary/aromatic N) is 1. The first-order chi connectivity index (χ1) is 2.27. The van der Waals surface area contributed by atoms with E-state index in [1.807, 2.05) is 0 Å². The van der Waals surface area contributed by atoms with Crippen molar-refractivity contribution in [3.63, 3.8) is 0 Å². The molecule has 0 saturated heterocycles. The third kappa shape index (κ3) is 3.96. The van der Waals surface area contributed by atoms with Gasteiger partial charge in [0.15, 0.2) is 0 Å². The van der Waals surface area contributed by atoms with Crippen molar-refractivity contribution < 1.29 is 1.43 Å². The maximum atomic E-state index is 2.12. The van der Waals surface area contributed by atoms with E-state index in [9.17, 15) is 0 Å². The van der Waals surface area contributed by atoms with Gasteiger partial charge in [0.2, 0.25) is 0 Å². The van der Waals surface area contributed by atoms with Crippen molar-refractivity contribution in [1.29, 1.82) is 0 Å². The molecular weight excluding hydrogens is 62.1 g/mol. The Hall–Kier alpha value is -0.0400. The fraction of sp³-hybridized carbons (Fsp3) is 1.00. The molecule has 0 aliphatic heterocycles. The summed E-state index contributed by atoms with van der Waals surface area (Å²) >= 11 is 0. The van der Waals surface area contributed by atoms with E-state index in [1.54, 1.807) is 0 Å². The highest BCUT2D eigenvalue weighted by Gasteiger charge is 1.72. The predicted octanol–water partition coefficient (Wildman–Crippen LogP) is 0.814. The van der Waals surface area contributed by atoms with Crippen molar-refractivity contribution in [2.24, 2.45) is 0 Å². The van der Waals surface area contributed by atoms with Gasteiger partial charge in [0.25, 0.3) is 0 Å². The van der Waals surface area contributed by atoms with Crippen LogP contribution in [0.4, 0.5) is 0 Å². The van der Waals surface area contributed by atoms with Gasteiger partial charge in [-0.1, -0.05) is 6.92 Å². The quantitative estimate of drug-likeness (QED) is 0.446. The SMILES string of the molecule is CCN(C)C.[HH]. The summed E-state index contributed by atoms with van der Waals surface area (Å²) in [6, 6.07) is 0. The summed E-state index contributed by atoms with van der Waals surface area (Å²) in [5.74, 6) is 0. The van der Waals surface area contributed by atoms with Crippen LogP contribution in [0, 0.1) is 0 Å². The fourth-order valence-electron chi connectivity index (χ4n) is 0. The highest BCUT2D eigenvalue weighted by atomic mass is 15.0. The van der Waals surface area contributed by atoms with Gasteiger partial charge in [-0.05, 0) is 20.6 Å². The molecule has 0 spiro atoms. The largest absolute Gasteiger partial charge is 0.310 e. The average molecular weight is 75.2 g/mol. The standard InChI is InChI=1S/C4H11N.H2/c1-4-5(2)3;/h4H2,1-3H3;1H. The Balaban J connectivity index is 0. The zero-order valence-corrected chi connectivity index (χ0v) is 4.15. The number of hydrogen-bond donors (Lipinski definition) is 0. The summed E-state index contributed by atoms with van der Waals surface area (Å²) in [5.41, 5.74) is 0. The zero-order valence-electron chi connectivity index (χ0n) is 4.15. The van der Waals surface area contributed by atoms with E-state index in [0.717, 1.165) is 6.54 Å². The van der Waals surface area contributed by atoms with Gasteiger partial charge < -0.3 is 4.90 Å². The first kappa shape index (κ1) is 4.96. The summed E-state index contributed by atoms with van der Waals surface area (Å²) in [5, 5.41) is 0. The van der Waals surface area contributed by atoms with Crippen molar-refractivity contribution in [3.05, 3.63) is 0 Å². The van der Waals surface area contributed by atoms with Crippen LogP contribution in [0.15, 0.2) is 0 Å².